The van der Waals surface area contributed by atoms with Gasteiger partial charge in [-0.05, 0) is 45.7 Å². The molecule has 0 atom stereocenters. The third-order valence-electron chi connectivity index (χ3n) is 5.83. The average molecular weight is 470 g/mol. The van der Waals surface area contributed by atoms with Crippen molar-refractivity contribution < 1.29 is 17.9 Å². The number of piperidine rings is 1. The molecule has 0 bridgehead atoms. The maximum atomic E-state index is 13.4. The molecule has 2 aromatic heterocycles. The largest absolute Gasteiger partial charge is 0.466 e. The van der Waals surface area contributed by atoms with Gasteiger partial charge in [-0.25, -0.2) is 13.1 Å². The van der Waals surface area contributed by atoms with E-state index in [1.54, 1.807) is 26.8 Å². The molecule has 0 radical (unpaired) electrons. The lowest BCUT2D eigenvalue weighted by Gasteiger charge is -2.30. The molecule has 174 valence electrons. The molecule has 0 unspecified atom stereocenters. The number of aromatic nitrogens is 4. The van der Waals surface area contributed by atoms with Crippen LogP contribution in [-0.2, 0) is 19.6 Å². The summed E-state index contributed by atoms with van der Waals surface area (Å²) in [6, 6.07) is 13.3. The molecule has 0 aliphatic carbocycles. The molecule has 0 N–H and O–H groups in total. The van der Waals surface area contributed by atoms with Crippen molar-refractivity contribution in [1.29, 1.82) is 0 Å². The molecule has 3 aromatic rings. The van der Waals surface area contributed by atoms with E-state index >= 15 is 0 Å². The van der Waals surface area contributed by atoms with Gasteiger partial charge in [0.05, 0.1) is 29.6 Å². The fraction of sp³-hybridized carbons (Fsp3) is 0.391. The van der Waals surface area contributed by atoms with Gasteiger partial charge in [-0.2, -0.15) is 9.40 Å². The second kappa shape index (κ2) is 9.40. The summed E-state index contributed by atoms with van der Waals surface area (Å²) in [6.07, 6.45) is 0.882. The highest BCUT2D eigenvalue weighted by molar-refractivity contribution is 7.89. The van der Waals surface area contributed by atoms with Crippen LogP contribution in [0.5, 0.6) is 0 Å². The SMILES string of the molecule is CCOC(=O)C1CCN(S(=O)(=O)c2c(C)nn(-c3ccc(-c4ccccc4)nn3)c2C)CC1. The molecule has 33 heavy (non-hydrogen) atoms. The van der Waals surface area contributed by atoms with Crippen molar-refractivity contribution in [1.82, 2.24) is 24.3 Å². The second-order valence-corrected chi connectivity index (χ2v) is 9.86. The number of sulfonamides is 1. The zero-order valence-corrected chi connectivity index (χ0v) is 19.7. The number of hydrogen-bond donors (Lipinski definition) is 0. The van der Waals surface area contributed by atoms with Crippen LogP contribution in [-0.4, -0.2) is 58.4 Å². The van der Waals surface area contributed by atoms with Gasteiger partial charge in [0, 0.05) is 18.7 Å². The van der Waals surface area contributed by atoms with Crippen LogP contribution in [0.15, 0.2) is 47.4 Å². The highest BCUT2D eigenvalue weighted by Crippen LogP contribution is 2.29. The number of benzene rings is 1. The molecule has 0 saturated carbocycles. The van der Waals surface area contributed by atoms with Crippen molar-refractivity contribution in [3.05, 3.63) is 53.9 Å². The molecule has 0 spiro atoms. The van der Waals surface area contributed by atoms with E-state index in [-0.39, 0.29) is 29.9 Å². The predicted molar refractivity (Wildman–Crippen MR) is 122 cm³/mol. The summed E-state index contributed by atoms with van der Waals surface area (Å²) >= 11 is 0. The van der Waals surface area contributed by atoms with E-state index in [2.05, 4.69) is 15.3 Å². The Kier molecular flexibility index (Phi) is 6.57. The van der Waals surface area contributed by atoms with E-state index in [4.69, 9.17) is 4.74 Å². The molecule has 1 aromatic carbocycles. The number of esters is 1. The smallest absolute Gasteiger partial charge is 0.309 e. The molecule has 3 heterocycles. The minimum Gasteiger partial charge on any atom is -0.466 e. The van der Waals surface area contributed by atoms with E-state index in [0.717, 1.165) is 11.3 Å². The lowest BCUT2D eigenvalue weighted by molar-refractivity contribution is -0.149. The molecule has 10 heteroatoms. The van der Waals surface area contributed by atoms with Crippen molar-refractivity contribution in [2.45, 2.75) is 38.5 Å². The summed E-state index contributed by atoms with van der Waals surface area (Å²) in [5.74, 6) is -0.0790. The summed E-state index contributed by atoms with van der Waals surface area (Å²) in [6.45, 7) is 6.01. The highest BCUT2D eigenvalue weighted by atomic mass is 32.2. The summed E-state index contributed by atoms with van der Waals surface area (Å²) < 4.78 is 34.9. The first-order chi connectivity index (χ1) is 15.8. The Balaban J connectivity index is 1.57. The number of nitrogens with zero attached hydrogens (tertiary/aromatic N) is 5. The topological polar surface area (TPSA) is 107 Å². The fourth-order valence-corrected chi connectivity index (χ4v) is 5.97. The number of aryl methyl sites for hydroxylation is 1. The lowest BCUT2D eigenvalue weighted by Crippen LogP contribution is -2.40. The van der Waals surface area contributed by atoms with Crippen LogP contribution in [0, 0.1) is 19.8 Å². The van der Waals surface area contributed by atoms with Crippen LogP contribution in [0.1, 0.15) is 31.2 Å². The van der Waals surface area contributed by atoms with Gasteiger partial charge in [0.2, 0.25) is 10.0 Å². The summed E-state index contributed by atoms with van der Waals surface area (Å²) in [5, 5.41) is 13.0. The Bertz CT molecular complexity index is 1230. The van der Waals surface area contributed by atoms with Crippen LogP contribution >= 0.6 is 0 Å². The van der Waals surface area contributed by atoms with Crippen molar-refractivity contribution in [2.75, 3.05) is 19.7 Å². The van der Waals surface area contributed by atoms with Gasteiger partial charge in [-0.15, -0.1) is 10.2 Å². The molecule has 4 rings (SSSR count). The number of carbonyl (C=O) groups excluding carboxylic acids is 1. The van der Waals surface area contributed by atoms with Crippen molar-refractivity contribution >= 4 is 16.0 Å². The van der Waals surface area contributed by atoms with Gasteiger partial charge in [0.15, 0.2) is 5.82 Å². The van der Waals surface area contributed by atoms with Crippen LogP contribution in [0.25, 0.3) is 17.1 Å². The molecule has 1 aliphatic heterocycles. The van der Waals surface area contributed by atoms with E-state index in [9.17, 15) is 13.2 Å². The average Bonchev–Trinajstić information content (AvgIpc) is 3.14. The molecular formula is C23H27N5O4S. The zero-order valence-electron chi connectivity index (χ0n) is 18.9. The first-order valence-electron chi connectivity index (χ1n) is 11.0. The van der Waals surface area contributed by atoms with E-state index < -0.39 is 10.0 Å². The number of rotatable bonds is 6. The fourth-order valence-electron chi connectivity index (χ4n) is 4.15. The van der Waals surface area contributed by atoms with E-state index in [1.165, 1.54) is 8.99 Å². The summed E-state index contributed by atoms with van der Waals surface area (Å²) in [5.41, 5.74) is 2.54. The molecule has 1 aliphatic rings. The Labute approximate surface area is 193 Å². The Hall–Kier alpha value is -3.11. The number of ether oxygens (including phenoxy) is 1. The van der Waals surface area contributed by atoms with Crippen molar-refractivity contribution in [3.63, 3.8) is 0 Å². The highest BCUT2D eigenvalue weighted by Gasteiger charge is 2.36. The molecule has 1 saturated heterocycles. The van der Waals surface area contributed by atoms with Crippen molar-refractivity contribution in [3.8, 4) is 17.1 Å². The van der Waals surface area contributed by atoms with E-state index in [1.807, 2.05) is 36.4 Å². The van der Waals surface area contributed by atoms with Crippen LogP contribution in [0.2, 0.25) is 0 Å². The first-order valence-corrected chi connectivity index (χ1v) is 12.4. The minimum absolute atomic E-state index is 0.172. The van der Waals surface area contributed by atoms with Gasteiger partial charge in [-0.1, -0.05) is 30.3 Å². The first kappa shape index (κ1) is 23.1. The predicted octanol–water partition coefficient (Wildman–Crippen LogP) is 2.91. The van der Waals surface area contributed by atoms with Crippen molar-refractivity contribution in [2.24, 2.45) is 5.92 Å². The number of hydrogen-bond acceptors (Lipinski definition) is 7. The Morgan fingerprint density at radius 2 is 1.76 bits per heavy atom. The monoisotopic (exact) mass is 469 g/mol. The van der Waals surface area contributed by atoms with Gasteiger partial charge >= 0.3 is 5.97 Å². The lowest BCUT2D eigenvalue weighted by atomic mass is 9.98. The van der Waals surface area contributed by atoms with Crippen LogP contribution in [0.3, 0.4) is 0 Å². The van der Waals surface area contributed by atoms with Gasteiger partial charge < -0.3 is 4.74 Å². The molecule has 9 nitrogen and oxygen atoms in total. The minimum atomic E-state index is -3.77. The summed E-state index contributed by atoms with van der Waals surface area (Å²) in [7, 11) is -3.77. The van der Waals surface area contributed by atoms with Gasteiger partial charge in [0.25, 0.3) is 0 Å². The molecule has 1 fully saturated rings. The van der Waals surface area contributed by atoms with Crippen LogP contribution < -0.4 is 0 Å². The maximum absolute atomic E-state index is 13.4. The third kappa shape index (κ3) is 4.53. The molecule has 0 amide bonds. The maximum Gasteiger partial charge on any atom is 0.309 e. The standard InChI is InChI=1S/C23H27N5O4S/c1-4-32-23(29)19-12-14-27(15-13-19)33(30,31)22-16(2)26-28(17(22)3)21-11-10-20(24-25-21)18-8-6-5-7-9-18/h5-11,19H,4,12-15H2,1-3H3. The second-order valence-electron chi connectivity index (χ2n) is 7.98. The summed E-state index contributed by atoms with van der Waals surface area (Å²) in [4.78, 5) is 12.2. The Morgan fingerprint density at radius 1 is 1.06 bits per heavy atom. The number of carbonyl (C=O) groups is 1. The van der Waals surface area contributed by atoms with Crippen LogP contribution in [0.4, 0.5) is 0 Å². The quantitative estimate of drug-likeness (QED) is 0.511. The normalized spacial score (nSPS) is 15.5. The Morgan fingerprint density at radius 3 is 2.36 bits per heavy atom. The van der Waals surface area contributed by atoms with E-state index in [0.29, 0.717) is 36.7 Å². The molecular weight excluding hydrogens is 442 g/mol. The van der Waals surface area contributed by atoms with Gasteiger partial charge in [-0.3, -0.25) is 4.79 Å². The third-order valence-corrected chi connectivity index (χ3v) is 7.99. The zero-order chi connectivity index (χ0) is 23.6. The van der Waals surface area contributed by atoms with Gasteiger partial charge in [0.1, 0.15) is 4.90 Å².